The van der Waals surface area contributed by atoms with Crippen LogP contribution in [0.15, 0.2) is 29.2 Å². The van der Waals surface area contributed by atoms with Crippen LogP contribution in [-0.2, 0) is 19.6 Å². The maximum atomic E-state index is 12.2. The van der Waals surface area contributed by atoms with Gasteiger partial charge in [-0.2, -0.15) is 0 Å². The van der Waals surface area contributed by atoms with Crippen molar-refractivity contribution >= 4 is 21.9 Å². The molecule has 0 heterocycles. The smallest absolute Gasteiger partial charge is 0.338 e. The van der Waals surface area contributed by atoms with Crippen LogP contribution >= 0.6 is 0 Å². The van der Waals surface area contributed by atoms with E-state index < -0.39 is 16.0 Å². The first-order valence-electron chi connectivity index (χ1n) is 8.81. The maximum absolute atomic E-state index is 12.2. The van der Waals surface area contributed by atoms with E-state index in [4.69, 9.17) is 4.74 Å². The first-order valence-corrected chi connectivity index (χ1v) is 10.3. The Labute approximate surface area is 154 Å². The van der Waals surface area contributed by atoms with Gasteiger partial charge in [0, 0.05) is 12.1 Å². The largest absolute Gasteiger partial charge is 0.452 e. The average molecular weight is 382 g/mol. The highest BCUT2D eigenvalue weighted by molar-refractivity contribution is 7.89. The van der Waals surface area contributed by atoms with Crippen LogP contribution in [-0.4, -0.2) is 39.0 Å². The maximum Gasteiger partial charge on any atom is 0.338 e. The second-order valence-electron chi connectivity index (χ2n) is 6.72. The number of rotatable bonds is 9. The summed E-state index contributed by atoms with van der Waals surface area (Å²) >= 11 is 0. The molecule has 144 valence electrons. The second-order valence-corrected chi connectivity index (χ2v) is 8.44. The summed E-state index contributed by atoms with van der Waals surface area (Å²) in [5.41, 5.74) is 0.190. The molecule has 26 heavy (non-hydrogen) atoms. The molecule has 2 unspecified atom stereocenters. The molecule has 1 amide bonds. The Hall–Kier alpha value is -1.93. The first-order chi connectivity index (χ1) is 12.2. The van der Waals surface area contributed by atoms with Crippen LogP contribution in [0.5, 0.6) is 0 Å². The van der Waals surface area contributed by atoms with Gasteiger partial charge in [0.2, 0.25) is 10.0 Å². The van der Waals surface area contributed by atoms with Gasteiger partial charge in [-0.05, 0) is 63.3 Å². The summed E-state index contributed by atoms with van der Waals surface area (Å²) in [7, 11) is -3.62. The van der Waals surface area contributed by atoms with E-state index in [1.807, 2.05) is 13.8 Å². The van der Waals surface area contributed by atoms with Crippen molar-refractivity contribution in [3.05, 3.63) is 29.8 Å². The lowest BCUT2D eigenvalue weighted by Crippen LogP contribution is -2.37. The van der Waals surface area contributed by atoms with Crippen LogP contribution in [0.4, 0.5) is 0 Å². The molecule has 2 atom stereocenters. The Morgan fingerprint density at radius 1 is 1.19 bits per heavy atom. The molecule has 0 radical (unpaired) electrons. The van der Waals surface area contributed by atoms with E-state index in [0.717, 1.165) is 12.8 Å². The van der Waals surface area contributed by atoms with Crippen molar-refractivity contribution in [1.82, 2.24) is 10.0 Å². The van der Waals surface area contributed by atoms with Gasteiger partial charge in [0.05, 0.1) is 10.5 Å². The minimum Gasteiger partial charge on any atom is -0.452 e. The van der Waals surface area contributed by atoms with Crippen molar-refractivity contribution < 1.29 is 22.7 Å². The number of sulfonamides is 1. The third-order valence-electron chi connectivity index (χ3n) is 4.42. The Morgan fingerprint density at radius 3 is 2.35 bits per heavy atom. The number of nitrogens with one attached hydrogen (secondary N) is 2. The highest BCUT2D eigenvalue weighted by atomic mass is 32.2. The Kier molecular flexibility index (Phi) is 6.77. The van der Waals surface area contributed by atoms with Crippen molar-refractivity contribution in [2.24, 2.45) is 5.92 Å². The predicted octanol–water partition coefficient (Wildman–Crippen LogP) is 1.83. The van der Waals surface area contributed by atoms with E-state index >= 15 is 0 Å². The molecule has 0 aromatic heterocycles. The Bertz CT molecular complexity index is 741. The zero-order valence-corrected chi connectivity index (χ0v) is 16.1. The van der Waals surface area contributed by atoms with Gasteiger partial charge in [-0.15, -0.1) is 0 Å². The molecule has 1 aromatic rings. The molecule has 1 aliphatic rings. The third kappa shape index (κ3) is 5.81. The van der Waals surface area contributed by atoms with Crippen LogP contribution in [0.25, 0.3) is 0 Å². The fourth-order valence-corrected chi connectivity index (χ4v) is 3.74. The molecule has 1 fully saturated rings. The minimum absolute atomic E-state index is 0.0744. The molecule has 7 nitrogen and oxygen atoms in total. The topological polar surface area (TPSA) is 102 Å². The molecule has 1 saturated carbocycles. The number of esters is 1. The fraction of sp³-hybridized carbons (Fsp3) is 0.556. The van der Waals surface area contributed by atoms with E-state index in [-0.39, 0.29) is 35.1 Å². The number of carbonyl (C=O) groups excluding carboxylic acids is 2. The molecule has 1 aromatic carbocycles. The fourth-order valence-electron chi connectivity index (χ4n) is 2.41. The lowest BCUT2D eigenvalue weighted by Gasteiger charge is -2.13. The van der Waals surface area contributed by atoms with Crippen LogP contribution in [0.1, 0.15) is 50.4 Å². The standard InChI is InChI=1S/C18H26N2O5S/c1-4-12(2)20-26(23,24)16-9-7-15(8-10-16)18(22)25-11-17(21)19-13(3)14-5-6-14/h7-10,12-14,20H,4-6,11H2,1-3H3,(H,19,21). The molecular weight excluding hydrogens is 356 g/mol. The Morgan fingerprint density at radius 2 is 1.81 bits per heavy atom. The van der Waals surface area contributed by atoms with E-state index in [1.54, 1.807) is 6.92 Å². The molecule has 2 rings (SSSR count). The van der Waals surface area contributed by atoms with E-state index in [9.17, 15) is 18.0 Å². The lowest BCUT2D eigenvalue weighted by molar-refractivity contribution is -0.124. The average Bonchev–Trinajstić information content (AvgIpc) is 3.44. The molecule has 2 N–H and O–H groups in total. The number of hydrogen-bond donors (Lipinski definition) is 2. The van der Waals surface area contributed by atoms with Crippen LogP contribution in [0.2, 0.25) is 0 Å². The molecule has 8 heteroatoms. The lowest BCUT2D eigenvalue weighted by atomic mass is 10.2. The Balaban J connectivity index is 1.88. The highest BCUT2D eigenvalue weighted by Gasteiger charge is 2.29. The summed E-state index contributed by atoms with van der Waals surface area (Å²) < 4.78 is 31.9. The van der Waals surface area contributed by atoms with Crippen molar-refractivity contribution in [3.8, 4) is 0 Å². The normalized spacial score (nSPS) is 16.6. The van der Waals surface area contributed by atoms with Crippen molar-refractivity contribution in [3.63, 3.8) is 0 Å². The minimum atomic E-state index is -3.62. The van der Waals surface area contributed by atoms with E-state index in [0.29, 0.717) is 12.3 Å². The van der Waals surface area contributed by atoms with Gasteiger partial charge in [0.1, 0.15) is 0 Å². The molecule has 1 aliphatic carbocycles. The van der Waals surface area contributed by atoms with E-state index in [2.05, 4.69) is 10.0 Å². The quantitative estimate of drug-likeness (QED) is 0.635. The monoisotopic (exact) mass is 382 g/mol. The summed E-state index contributed by atoms with van der Waals surface area (Å²) in [4.78, 5) is 23.8. The molecular formula is C18H26N2O5S. The molecule has 0 saturated heterocycles. The van der Waals surface area contributed by atoms with Crippen LogP contribution in [0, 0.1) is 5.92 Å². The summed E-state index contributed by atoms with van der Waals surface area (Å²) in [6.45, 7) is 5.24. The van der Waals surface area contributed by atoms with Gasteiger partial charge in [-0.1, -0.05) is 6.92 Å². The summed E-state index contributed by atoms with van der Waals surface area (Å²) in [6.07, 6.45) is 2.90. The predicted molar refractivity (Wildman–Crippen MR) is 97.1 cm³/mol. The van der Waals surface area contributed by atoms with E-state index in [1.165, 1.54) is 24.3 Å². The number of ether oxygens (including phenoxy) is 1. The number of amides is 1. The van der Waals surface area contributed by atoms with Gasteiger partial charge >= 0.3 is 5.97 Å². The van der Waals surface area contributed by atoms with Crippen molar-refractivity contribution in [2.75, 3.05) is 6.61 Å². The highest BCUT2D eigenvalue weighted by Crippen LogP contribution is 2.32. The van der Waals surface area contributed by atoms with Crippen molar-refractivity contribution in [1.29, 1.82) is 0 Å². The number of carbonyl (C=O) groups is 2. The SMILES string of the molecule is CCC(C)NS(=O)(=O)c1ccc(C(=O)OCC(=O)NC(C)C2CC2)cc1. The first kappa shape index (κ1) is 20.4. The molecule has 0 spiro atoms. The van der Waals surface area contributed by atoms with Gasteiger partial charge in [0.25, 0.3) is 5.91 Å². The summed E-state index contributed by atoms with van der Waals surface area (Å²) in [5, 5.41) is 2.80. The molecule has 0 bridgehead atoms. The zero-order chi connectivity index (χ0) is 19.3. The summed E-state index contributed by atoms with van der Waals surface area (Å²) in [6, 6.07) is 5.34. The zero-order valence-electron chi connectivity index (χ0n) is 15.3. The number of benzene rings is 1. The van der Waals surface area contributed by atoms with Gasteiger partial charge in [-0.3, -0.25) is 4.79 Å². The van der Waals surface area contributed by atoms with Crippen LogP contribution in [0.3, 0.4) is 0 Å². The van der Waals surface area contributed by atoms with Crippen molar-refractivity contribution in [2.45, 2.75) is 57.0 Å². The summed E-state index contributed by atoms with van der Waals surface area (Å²) in [5.74, 6) is -0.485. The van der Waals surface area contributed by atoms with Gasteiger partial charge < -0.3 is 10.1 Å². The molecule has 0 aliphatic heterocycles. The third-order valence-corrected chi connectivity index (χ3v) is 6.03. The van der Waals surface area contributed by atoms with Crippen LogP contribution < -0.4 is 10.0 Å². The van der Waals surface area contributed by atoms with Gasteiger partial charge in [-0.25, -0.2) is 17.9 Å². The van der Waals surface area contributed by atoms with Gasteiger partial charge in [0.15, 0.2) is 6.61 Å². The second kappa shape index (κ2) is 8.64. The number of hydrogen-bond acceptors (Lipinski definition) is 5.